The van der Waals surface area contributed by atoms with Crippen molar-refractivity contribution in [2.24, 2.45) is 5.41 Å². The van der Waals surface area contributed by atoms with Gasteiger partial charge in [0.2, 0.25) is 0 Å². The molecule has 0 unspecified atom stereocenters. The van der Waals surface area contributed by atoms with Gasteiger partial charge in [-0.1, -0.05) is 31.9 Å². The molecule has 1 nitrogen and oxygen atoms in total. The standard InChI is InChI=1S/C19H30FN/c1-4-21-12-11-19(8-5-6-9-19)10-7-17-13-15(2)18(20)16(3)14-17/h13-14,21H,4-12H2,1-3H3. The van der Waals surface area contributed by atoms with Gasteiger partial charge in [0.1, 0.15) is 5.82 Å². The van der Waals surface area contributed by atoms with Crippen molar-refractivity contribution >= 4 is 0 Å². The lowest BCUT2D eigenvalue weighted by Gasteiger charge is -2.29. The zero-order valence-corrected chi connectivity index (χ0v) is 13.9. The Kier molecular flexibility index (Phi) is 5.80. The number of benzene rings is 1. The molecule has 1 N–H and O–H groups in total. The minimum absolute atomic E-state index is 0.0403. The van der Waals surface area contributed by atoms with E-state index in [9.17, 15) is 4.39 Å². The molecular formula is C19H30FN. The first-order valence-electron chi connectivity index (χ1n) is 8.53. The number of nitrogens with one attached hydrogen (secondary N) is 1. The minimum Gasteiger partial charge on any atom is -0.317 e. The lowest BCUT2D eigenvalue weighted by molar-refractivity contribution is 0.246. The highest BCUT2D eigenvalue weighted by atomic mass is 19.1. The third-order valence-corrected chi connectivity index (χ3v) is 5.19. The summed E-state index contributed by atoms with van der Waals surface area (Å²) in [4.78, 5) is 0. The van der Waals surface area contributed by atoms with Crippen LogP contribution in [0.15, 0.2) is 12.1 Å². The molecule has 1 aliphatic carbocycles. The Morgan fingerprint density at radius 2 is 1.71 bits per heavy atom. The Morgan fingerprint density at radius 1 is 1.10 bits per heavy atom. The van der Waals surface area contributed by atoms with E-state index >= 15 is 0 Å². The van der Waals surface area contributed by atoms with Crippen LogP contribution in [0, 0.1) is 25.1 Å². The Morgan fingerprint density at radius 3 is 2.29 bits per heavy atom. The van der Waals surface area contributed by atoms with Gasteiger partial charge in [0.15, 0.2) is 0 Å². The molecule has 1 fully saturated rings. The molecule has 0 saturated heterocycles. The monoisotopic (exact) mass is 291 g/mol. The van der Waals surface area contributed by atoms with Crippen LogP contribution >= 0.6 is 0 Å². The third-order valence-electron chi connectivity index (χ3n) is 5.19. The van der Waals surface area contributed by atoms with Crippen molar-refractivity contribution in [1.82, 2.24) is 5.32 Å². The fourth-order valence-electron chi connectivity index (χ4n) is 3.87. The van der Waals surface area contributed by atoms with E-state index in [0.717, 1.165) is 30.6 Å². The molecular weight excluding hydrogens is 261 g/mol. The normalized spacial score (nSPS) is 17.3. The van der Waals surface area contributed by atoms with Gasteiger partial charge in [0.25, 0.3) is 0 Å². The summed E-state index contributed by atoms with van der Waals surface area (Å²) in [6.45, 7) is 8.13. The summed E-state index contributed by atoms with van der Waals surface area (Å²) in [5.41, 5.74) is 3.41. The molecule has 0 aliphatic heterocycles. The van der Waals surface area contributed by atoms with Crippen LogP contribution in [0.4, 0.5) is 4.39 Å². The number of rotatable bonds is 7. The zero-order valence-electron chi connectivity index (χ0n) is 13.9. The SMILES string of the molecule is CCNCCC1(CCc2cc(C)c(F)c(C)c2)CCCC1. The summed E-state index contributed by atoms with van der Waals surface area (Å²) >= 11 is 0. The maximum absolute atomic E-state index is 13.7. The summed E-state index contributed by atoms with van der Waals surface area (Å²) in [6.07, 6.45) is 9.15. The predicted molar refractivity (Wildman–Crippen MR) is 88.3 cm³/mol. The molecule has 1 saturated carbocycles. The first-order chi connectivity index (χ1) is 10.1. The summed E-state index contributed by atoms with van der Waals surface area (Å²) in [5, 5.41) is 3.47. The average molecular weight is 291 g/mol. The van der Waals surface area contributed by atoms with Crippen LogP contribution in [-0.4, -0.2) is 13.1 Å². The van der Waals surface area contributed by atoms with Gasteiger partial charge in [0.05, 0.1) is 0 Å². The quantitative estimate of drug-likeness (QED) is 0.702. The van der Waals surface area contributed by atoms with Gasteiger partial charge in [0, 0.05) is 0 Å². The maximum atomic E-state index is 13.7. The third kappa shape index (κ3) is 4.29. The van der Waals surface area contributed by atoms with E-state index in [1.807, 2.05) is 26.0 Å². The smallest absolute Gasteiger partial charge is 0.129 e. The van der Waals surface area contributed by atoms with Crippen LogP contribution in [-0.2, 0) is 6.42 Å². The lowest BCUT2D eigenvalue weighted by Crippen LogP contribution is -2.25. The largest absolute Gasteiger partial charge is 0.317 e. The number of hydrogen-bond donors (Lipinski definition) is 1. The Hall–Kier alpha value is -0.890. The molecule has 1 aromatic rings. The summed E-state index contributed by atoms with van der Waals surface area (Å²) in [7, 11) is 0. The summed E-state index contributed by atoms with van der Waals surface area (Å²) in [6, 6.07) is 4.07. The van der Waals surface area contributed by atoms with Gasteiger partial charge in [-0.15, -0.1) is 0 Å². The van der Waals surface area contributed by atoms with Gasteiger partial charge >= 0.3 is 0 Å². The Bertz CT molecular complexity index is 438. The van der Waals surface area contributed by atoms with Gasteiger partial charge in [-0.05, 0) is 81.1 Å². The van der Waals surface area contributed by atoms with Gasteiger partial charge < -0.3 is 5.32 Å². The van der Waals surface area contributed by atoms with Crippen LogP contribution in [0.3, 0.4) is 0 Å². The number of aryl methyl sites for hydroxylation is 3. The predicted octanol–water partition coefficient (Wildman–Crippen LogP) is 4.94. The van der Waals surface area contributed by atoms with E-state index in [1.54, 1.807) is 0 Å². The van der Waals surface area contributed by atoms with Crippen LogP contribution in [0.25, 0.3) is 0 Å². The molecule has 0 radical (unpaired) electrons. The highest BCUT2D eigenvalue weighted by Gasteiger charge is 2.32. The van der Waals surface area contributed by atoms with Gasteiger partial charge in [-0.2, -0.15) is 0 Å². The van der Waals surface area contributed by atoms with E-state index < -0.39 is 0 Å². The summed E-state index contributed by atoms with van der Waals surface area (Å²) < 4.78 is 13.7. The fourth-order valence-corrected chi connectivity index (χ4v) is 3.87. The van der Waals surface area contributed by atoms with Gasteiger partial charge in [-0.25, -0.2) is 4.39 Å². The highest BCUT2D eigenvalue weighted by Crippen LogP contribution is 2.44. The van der Waals surface area contributed by atoms with Crippen molar-refractivity contribution in [3.8, 4) is 0 Å². The van der Waals surface area contributed by atoms with E-state index in [2.05, 4.69) is 12.2 Å². The van der Waals surface area contributed by atoms with Crippen molar-refractivity contribution in [3.63, 3.8) is 0 Å². The second kappa shape index (κ2) is 7.40. The molecule has 118 valence electrons. The van der Waals surface area contributed by atoms with Crippen LogP contribution in [0.1, 0.15) is 62.1 Å². The van der Waals surface area contributed by atoms with Crippen molar-refractivity contribution < 1.29 is 4.39 Å². The minimum atomic E-state index is -0.0403. The maximum Gasteiger partial charge on any atom is 0.129 e. The highest BCUT2D eigenvalue weighted by molar-refractivity contribution is 5.30. The van der Waals surface area contributed by atoms with E-state index in [0.29, 0.717) is 5.41 Å². The van der Waals surface area contributed by atoms with Crippen LogP contribution < -0.4 is 5.32 Å². The van der Waals surface area contributed by atoms with Gasteiger partial charge in [-0.3, -0.25) is 0 Å². The molecule has 1 aliphatic rings. The Labute approximate surface area is 129 Å². The van der Waals surface area contributed by atoms with Crippen molar-refractivity contribution in [1.29, 1.82) is 0 Å². The Balaban J connectivity index is 1.98. The van der Waals surface area contributed by atoms with E-state index in [4.69, 9.17) is 0 Å². The molecule has 2 rings (SSSR count). The zero-order chi connectivity index (χ0) is 15.3. The first-order valence-corrected chi connectivity index (χ1v) is 8.53. The molecule has 2 heteroatoms. The molecule has 0 amide bonds. The van der Waals surface area contributed by atoms with Crippen LogP contribution in [0.2, 0.25) is 0 Å². The lowest BCUT2D eigenvalue weighted by atomic mass is 9.77. The number of hydrogen-bond acceptors (Lipinski definition) is 1. The van der Waals surface area contributed by atoms with Crippen molar-refractivity contribution in [3.05, 3.63) is 34.6 Å². The number of halogens is 1. The van der Waals surface area contributed by atoms with Crippen LogP contribution in [0.5, 0.6) is 0 Å². The summed E-state index contributed by atoms with van der Waals surface area (Å²) in [5.74, 6) is -0.0403. The molecule has 0 spiro atoms. The first kappa shape index (κ1) is 16.5. The van der Waals surface area contributed by atoms with Crippen molar-refractivity contribution in [2.75, 3.05) is 13.1 Å². The molecule has 0 bridgehead atoms. The average Bonchev–Trinajstić information content (AvgIpc) is 2.92. The van der Waals surface area contributed by atoms with Crippen molar-refractivity contribution in [2.45, 2.75) is 65.7 Å². The molecule has 0 heterocycles. The fraction of sp³-hybridized carbons (Fsp3) is 0.684. The molecule has 1 aromatic carbocycles. The van der Waals surface area contributed by atoms with E-state index in [1.165, 1.54) is 44.1 Å². The molecule has 0 aromatic heterocycles. The molecule has 21 heavy (non-hydrogen) atoms. The topological polar surface area (TPSA) is 12.0 Å². The second-order valence-electron chi connectivity index (χ2n) is 6.85. The second-order valence-corrected chi connectivity index (χ2v) is 6.85. The van der Waals surface area contributed by atoms with E-state index in [-0.39, 0.29) is 5.82 Å². The molecule has 0 atom stereocenters.